The fraction of sp³-hybridized carbons (Fsp3) is 0.273. The molecule has 1 rings (SSSR count). The molecule has 0 fully saturated rings. The highest BCUT2D eigenvalue weighted by atomic mass is 16.2. The Hall–Kier alpha value is -1.84. The Balaban J connectivity index is 2.44. The van der Waals surface area contributed by atoms with Gasteiger partial charge in [0.05, 0.1) is 6.54 Å². The maximum absolute atomic E-state index is 11.3. The number of nitrogens with one attached hydrogen (secondary N) is 2. The topological polar surface area (TPSA) is 58.2 Å². The summed E-state index contributed by atoms with van der Waals surface area (Å²) in [5.74, 6) is -0.442. The Morgan fingerprint density at radius 2 is 1.80 bits per heavy atom. The summed E-state index contributed by atoms with van der Waals surface area (Å²) in [5, 5.41) is 5.10. The third kappa shape index (κ3) is 4.26. The zero-order valence-corrected chi connectivity index (χ0v) is 8.83. The number of hydrogen-bond donors (Lipinski definition) is 2. The largest absolute Gasteiger partial charge is 0.347 e. The molecular formula is C11H14N2O2. The van der Waals surface area contributed by atoms with Gasteiger partial charge in [0.15, 0.2) is 0 Å². The van der Waals surface area contributed by atoms with E-state index in [2.05, 4.69) is 10.6 Å². The maximum Gasteiger partial charge on any atom is 0.243 e. The Morgan fingerprint density at radius 1 is 1.20 bits per heavy atom. The second kappa shape index (κ2) is 5.14. The molecule has 0 heterocycles. The number of anilines is 1. The van der Waals surface area contributed by atoms with Crippen molar-refractivity contribution >= 4 is 17.5 Å². The number of carbonyl (C=O) groups is 2. The van der Waals surface area contributed by atoms with E-state index in [0.717, 1.165) is 11.3 Å². The molecule has 0 aliphatic rings. The first kappa shape index (κ1) is 11.2. The van der Waals surface area contributed by atoms with Gasteiger partial charge in [-0.15, -0.1) is 0 Å². The van der Waals surface area contributed by atoms with Crippen LogP contribution in [0.25, 0.3) is 0 Å². The van der Waals surface area contributed by atoms with Crippen LogP contribution < -0.4 is 10.6 Å². The summed E-state index contributed by atoms with van der Waals surface area (Å²) in [6.07, 6.45) is 0. The van der Waals surface area contributed by atoms with Crippen molar-refractivity contribution in [3.8, 4) is 0 Å². The predicted molar refractivity (Wildman–Crippen MR) is 58.5 cm³/mol. The molecule has 0 saturated carbocycles. The molecule has 0 saturated heterocycles. The van der Waals surface area contributed by atoms with Crippen LogP contribution in [0.4, 0.5) is 5.69 Å². The van der Waals surface area contributed by atoms with Crippen molar-refractivity contribution in [2.45, 2.75) is 13.8 Å². The predicted octanol–water partition coefficient (Wildman–Crippen LogP) is 1.07. The van der Waals surface area contributed by atoms with Crippen LogP contribution in [0.3, 0.4) is 0 Å². The lowest BCUT2D eigenvalue weighted by molar-refractivity contribution is -0.122. The van der Waals surface area contributed by atoms with E-state index in [4.69, 9.17) is 0 Å². The van der Waals surface area contributed by atoms with Gasteiger partial charge in [0.1, 0.15) is 0 Å². The first-order valence-electron chi connectivity index (χ1n) is 4.69. The Morgan fingerprint density at radius 3 is 2.33 bits per heavy atom. The minimum Gasteiger partial charge on any atom is -0.347 e. The van der Waals surface area contributed by atoms with Crippen molar-refractivity contribution in [2.24, 2.45) is 0 Å². The SMILES string of the molecule is CC(=O)NCC(=O)Nc1ccc(C)cc1. The highest BCUT2D eigenvalue weighted by Crippen LogP contribution is 2.07. The van der Waals surface area contributed by atoms with Crippen LogP contribution >= 0.6 is 0 Å². The molecule has 2 amide bonds. The fourth-order valence-corrected chi connectivity index (χ4v) is 1.05. The molecule has 4 nitrogen and oxygen atoms in total. The van der Waals surface area contributed by atoms with Crippen LogP contribution in [0.5, 0.6) is 0 Å². The number of benzene rings is 1. The van der Waals surface area contributed by atoms with E-state index in [0.29, 0.717) is 0 Å². The van der Waals surface area contributed by atoms with E-state index in [1.165, 1.54) is 6.92 Å². The molecule has 1 aromatic rings. The second-order valence-electron chi connectivity index (χ2n) is 3.32. The van der Waals surface area contributed by atoms with Gasteiger partial charge in [-0.1, -0.05) is 17.7 Å². The van der Waals surface area contributed by atoms with Gasteiger partial charge >= 0.3 is 0 Å². The lowest BCUT2D eigenvalue weighted by Crippen LogP contribution is -2.31. The zero-order chi connectivity index (χ0) is 11.3. The molecule has 15 heavy (non-hydrogen) atoms. The molecule has 0 spiro atoms. The summed E-state index contributed by atoms with van der Waals surface area (Å²) < 4.78 is 0. The summed E-state index contributed by atoms with van der Waals surface area (Å²) in [6, 6.07) is 7.46. The van der Waals surface area contributed by atoms with E-state index in [1.807, 2.05) is 31.2 Å². The molecule has 0 bridgehead atoms. The monoisotopic (exact) mass is 206 g/mol. The van der Waals surface area contributed by atoms with Gasteiger partial charge in [-0.05, 0) is 19.1 Å². The van der Waals surface area contributed by atoms with Crippen molar-refractivity contribution in [3.05, 3.63) is 29.8 Å². The Labute approximate surface area is 88.7 Å². The van der Waals surface area contributed by atoms with E-state index < -0.39 is 0 Å². The van der Waals surface area contributed by atoms with Crippen LogP contribution in [0.2, 0.25) is 0 Å². The maximum atomic E-state index is 11.3. The van der Waals surface area contributed by atoms with Gasteiger partial charge in [0.2, 0.25) is 11.8 Å². The van der Waals surface area contributed by atoms with Gasteiger partial charge in [-0.25, -0.2) is 0 Å². The summed E-state index contributed by atoms with van der Waals surface area (Å²) in [7, 11) is 0. The zero-order valence-electron chi connectivity index (χ0n) is 8.83. The molecule has 4 heteroatoms. The fourth-order valence-electron chi connectivity index (χ4n) is 1.05. The number of hydrogen-bond acceptors (Lipinski definition) is 2. The van der Waals surface area contributed by atoms with Gasteiger partial charge in [0.25, 0.3) is 0 Å². The van der Waals surface area contributed by atoms with Crippen molar-refractivity contribution in [1.82, 2.24) is 5.32 Å². The quantitative estimate of drug-likeness (QED) is 0.777. The first-order valence-corrected chi connectivity index (χ1v) is 4.69. The molecule has 0 aliphatic heterocycles. The summed E-state index contributed by atoms with van der Waals surface area (Å²) in [4.78, 5) is 21.8. The van der Waals surface area contributed by atoms with E-state index in [9.17, 15) is 9.59 Å². The average Bonchev–Trinajstić information content (AvgIpc) is 2.19. The standard InChI is InChI=1S/C11H14N2O2/c1-8-3-5-10(6-4-8)13-11(15)7-12-9(2)14/h3-6H,7H2,1-2H3,(H,12,14)(H,13,15). The molecule has 0 aromatic heterocycles. The van der Waals surface area contributed by atoms with Gasteiger partial charge in [-0.3, -0.25) is 9.59 Å². The van der Waals surface area contributed by atoms with Gasteiger partial charge in [0, 0.05) is 12.6 Å². The Bertz CT molecular complexity index is 357. The summed E-state index contributed by atoms with van der Waals surface area (Å²) >= 11 is 0. The Kier molecular flexibility index (Phi) is 3.85. The second-order valence-corrected chi connectivity index (χ2v) is 3.32. The lowest BCUT2D eigenvalue weighted by Gasteiger charge is -2.05. The van der Waals surface area contributed by atoms with Crippen LogP contribution in [-0.2, 0) is 9.59 Å². The van der Waals surface area contributed by atoms with Gasteiger partial charge in [-0.2, -0.15) is 0 Å². The van der Waals surface area contributed by atoms with Crippen LogP contribution in [0.1, 0.15) is 12.5 Å². The van der Waals surface area contributed by atoms with Crippen LogP contribution in [0, 0.1) is 6.92 Å². The molecule has 0 radical (unpaired) electrons. The number of amides is 2. The van der Waals surface area contributed by atoms with Crippen molar-refractivity contribution in [2.75, 3.05) is 11.9 Å². The van der Waals surface area contributed by atoms with Crippen molar-refractivity contribution in [3.63, 3.8) is 0 Å². The highest BCUT2D eigenvalue weighted by Gasteiger charge is 2.01. The molecule has 0 unspecified atom stereocenters. The smallest absolute Gasteiger partial charge is 0.243 e. The number of carbonyl (C=O) groups excluding carboxylic acids is 2. The van der Waals surface area contributed by atoms with Crippen LogP contribution in [0.15, 0.2) is 24.3 Å². The third-order valence-corrected chi connectivity index (χ3v) is 1.83. The van der Waals surface area contributed by atoms with Crippen molar-refractivity contribution < 1.29 is 9.59 Å². The van der Waals surface area contributed by atoms with Gasteiger partial charge < -0.3 is 10.6 Å². The molecule has 80 valence electrons. The average molecular weight is 206 g/mol. The summed E-state index contributed by atoms with van der Waals surface area (Å²) in [5.41, 5.74) is 1.87. The normalized spacial score (nSPS) is 9.47. The summed E-state index contributed by atoms with van der Waals surface area (Å²) in [6.45, 7) is 3.35. The first-order chi connectivity index (χ1) is 7.08. The van der Waals surface area contributed by atoms with E-state index in [1.54, 1.807) is 0 Å². The molecule has 0 atom stereocenters. The van der Waals surface area contributed by atoms with E-state index in [-0.39, 0.29) is 18.4 Å². The number of aryl methyl sites for hydroxylation is 1. The molecule has 1 aromatic carbocycles. The molecule has 2 N–H and O–H groups in total. The highest BCUT2D eigenvalue weighted by molar-refractivity contribution is 5.94. The minimum absolute atomic E-state index is 0.00318. The lowest BCUT2D eigenvalue weighted by atomic mass is 10.2. The van der Waals surface area contributed by atoms with Crippen LogP contribution in [-0.4, -0.2) is 18.4 Å². The van der Waals surface area contributed by atoms with E-state index >= 15 is 0 Å². The number of rotatable bonds is 3. The third-order valence-electron chi connectivity index (χ3n) is 1.83. The van der Waals surface area contributed by atoms with Crippen molar-refractivity contribution in [1.29, 1.82) is 0 Å². The minimum atomic E-state index is -0.228. The molecule has 0 aliphatic carbocycles. The molecular weight excluding hydrogens is 192 g/mol.